The molecule has 0 atom stereocenters. The van der Waals surface area contributed by atoms with Crippen molar-refractivity contribution in [3.63, 3.8) is 0 Å². The normalized spacial score (nSPS) is 10.8. The first-order valence-corrected chi connectivity index (χ1v) is 6.54. The van der Waals surface area contributed by atoms with E-state index in [-0.39, 0.29) is 0 Å². The van der Waals surface area contributed by atoms with Gasteiger partial charge in [0.05, 0.1) is 24.9 Å². The Kier molecular flexibility index (Phi) is 3.31. The average molecular weight is 305 g/mol. The van der Waals surface area contributed by atoms with Gasteiger partial charge in [0.25, 0.3) is 0 Å². The second-order valence-electron chi connectivity index (χ2n) is 4.31. The van der Waals surface area contributed by atoms with E-state index in [9.17, 15) is 0 Å². The van der Waals surface area contributed by atoms with Gasteiger partial charge in [-0.3, -0.25) is 4.57 Å². The molecule has 2 heterocycles. The number of ether oxygens (including phenoxy) is 2. The number of benzene rings is 1. The maximum atomic E-state index is 6.20. The minimum Gasteiger partial charge on any atom is -0.495 e. The van der Waals surface area contributed by atoms with Crippen molar-refractivity contribution < 1.29 is 9.47 Å². The van der Waals surface area contributed by atoms with Gasteiger partial charge in [-0.05, 0) is 18.2 Å². The van der Waals surface area contributed by atoms with Crippen LogP contribution in [0, 0.1) is 0 Å². The molecule has 0 aliphatic heterocycles. The second-order valence-corrected chi connectivity index (χ2v) is 4.72. The molecule has 0 unspecified atom stereocenters. The van der Waals surface area contributed by atoms with Crippen LogP contribution in [-0.4, -0.2) is 28.8 Å². The molecule has 7 heteroatoms. The number of nitrogen functional groups attached to an aromatic ring is 1. The molecule has 6 nitrogen and oxygen atoms in total. The van der Waals surface area contributed by atoms with Crippen molar-refractivity contribution in [3.8, 4) is 17.2 Å². The Bertz CT molecular complexity index is 816. The maximum Gasteiger partial charge on any atom is 0.207 e. The Morgan fingerprint density at radius 2 is 1.95 bits per heavy atom. The van der Waals surface area contributed by atoms with Gasteiger partial charge in [-0.1, -0.05) is 11.6 Å². The predicted octanol–water partition coefficient (Wildman–Crippen LogP) is 2.67. The maximum absolute atomic E-state index is 6.20. The highest BCUT2D eigenvalue weighted by atomic mass is 35.5. The largest absolute Gasteiger partial charge is 0.495 e. The van der Waals surface area contributed by atoms with Gasteiger partial charge in [0.1, 0.15) is 17.0 Å². The monoisotopic (exact) mass is 304 g/mol. The van der Waals surface area contributed by atoms with Crippen molar-refractivity contribution in [1.82, 2.24) is 14.5 Å². The quantitative estimate of drug-likeness (QED) is 0.805. The summed E-state index contributed by atoms with van der Waals surface area (Å²) in [6.45, 7) is 0. The Morgan fingerprint density at radius 1 is 1.19 bits per heavy atom. The van der Waals surface area contributed by atoms with Crippen LogP contribution in [-0.2, 0) is 0 Å². The molecule has 0 saturated heterocycles. The number of nitrogens with zero attached hydrogens (tertiary/aromatic N) is 3. The van der Waals surface area contributed by atoms with Crippen LogP contribution in [0.25, 0.3) is 16.9 Å². The third kappa shape index (κ3) is 2.13. The lowest BCUT2D eigenvalue weighted by atomic mass is 10.2. The highest BCUT2D eigenvalue weighted by Gasteiger charge is 2.17. The molecule has 0 bridgehead atoms. The van der Waals surface area contributed by atoms with E-state index in [2.05, 4.69) is 9.97 Å². The fraction of sp³-hybridized carbons (Fsp3) is 0.143. The van der Waals surface area contributed by atoms with Crippen LogP contribution in [0.3, 0.4) is 0 Å². The number of rotatable bonds is 3. The number of hydrogen-bond donors (Lipinski definition) is 1. The number of hydrogen-bond acceptors (Lipinski definition) is 5. The van der Waals surface area contributed by atoms with Crippen LogP contribution >= 0.6 is 11.6 Å². The zero-order valence-electron chi connectivity index (χ0n) is 11.5. The molecule has 108 valence electrons. The minimum absolute atomic E-state index is 0.309. The van der Waals surface area contributed by atoms with Gasteiger partial charge < -0.3 is 15.2 Å². The number of imidazole rings is 1. The molecule has 2 N–H and O–H groups in total. The topological polar surface area (TPSA) is 75.2 Å². The van der Waals surface area contributed by atoms with Crippen molar-refractivity contribution >= 4 is 28.7 Å². The summed E-state index contributed by atoms with van der Waals surface area (Å²) >= 11 is 6.20. The van der Waals surface area contributed by atoms with Crippen LogP contribution in [0.4, 0.5) is 5.95 Å². The summed E-state index contributed by atoms with van der Waals surface area (Å²) in [4.78, 5) is 8.60. The van der Waals surface area contributed by atoms with Crippen molar-refractivity contribution in [2.75, 3.05) is 20.0 Å². The summed E-state index contributed by atoms with van der Waals surface area (Å²) in [5.41, 5.74) is 8.00. The van der Waals surface area contributed by atoms with Crippen LogP contribution in [0.2, 0.25) is 5.02 Å². The molecule has 0 amide bonds. The van der Waals surface area contributed by atoms with Crippen molar-refractivity contribution in [2.45, 2.75) is 0 Å². The standard InChI is InChI=1S/C14H13ClN4O2/c1-20-11-7-12(21-2)10(6-8(11)15)19-13-9(18-14(19)16)4-3-5-17-13/h3-7H,1-2H3,(H2,16,18). The molecular weight excluding hydrogens is 292 g/mol. The van der Waals surface area contributed by atoms with Gasteiger partial charge in [0.15, 0.2) is 5.65 Å². The van der Waals surface area contributed by atoms with E-state index in [0.29, 0.717) is 39.3 Å². The lowest BCUT2D eigenvalue weighted by Crippen LogP contribution is -2.04. The molecule has 3 aromatic rings. The average Bonchev–Trinajstić information content (AvgIpc) is 2.82. The Morgan fingerprint density at radius 3 is 2.67 bits per heavy atom. The summed E-state index contributed by atoms with van der Waals surface area (Å²) in [5, 5.41) is 0.450. The third-order valence-corrected chi connectivity index (χ3v) is 3.43. The fourth-order valence-corrected chi connectivity index (χ4v) is 2.42. The first-order chi connectivity index (χ1) is 10.2. The summed E-state index contributed by atoms with van der Waals surface area (Å²) in [6, 6.07) is 7.06. The number of methoxy groups -OCH3 is 2. The van der Waals surface area contributed by atoms with Crippen molar-refractivity contribution in [1.29, 1.82) is 0 Å². The lowest BCUT2D eigenvalue weighted by molar-refractivity contribution is 0.393. The molecule has 21 heavy (non-hydrogen) atoms. The number of anilines is 1. The summed E-state index contributed by atoms with van der Waals surface area (Å²) in [6.07, 6.45) is 1.68. The zero-order chi connectivity index (χ0) is 15.0. The highest BCUT2D eigenvalue weighted by molar-refractivity contribution is 6.32. The lowest BCUT2D eigenvalue weighted by Gasteiger charge is -2.13. The van der Waals surface area contributed by atoms with Crippen LogP contribution in [0.1, 0.15) is 0 Å². The van der Waals surface area contributed by atoms with E-state index in [1.165, 1.54) is 0 Å². The molecular formula is C14H13ClN4O2. The minimum atomic E-state index is 0.309. The first-order valence-electron chi connectivity index (χ1n) is 6.16. The van der Waals surface area contributed by atoms with E-state index in [1.807, 2.05) is 6.07 Å². The number of pyridine rings is 1. The van der Waals surface area contributed by atoms with Gasteiger partial charge in [0.2, 0.25) is 5.95 Å². The van der Waals surface area contributed by atoms with Gasteiger partial charge in [-0.25, -0.2) is 9.97 Å². The van der Waals surface area contributed by atoms with Gasteiger partial charge in [-0.15, -0.1) is 0 Å². The molecule has 0 saturated carbocycles. The van der Waals surface area contributed by atoms with Gasteiger partial charge in [-0.2, -0.15) is 0 Å². The van der Waals surface area contributed by atoms with E-state index < -0.39 is 0 Å². The number of fused-ring (bicyclic) bond motifs is 1. The second kappa shape index (κ2) is 5.14. The number of aromatic nitrogens is 3. The number of halogens is 1. The van der Waals surface area contributed by atoms with Gasteiger partial charge in [0, 0.05) is 12.3 Å². The van der Waals surface area contributed by atoms with E-state index >= 15 is 0 Å². The van der Waals surface area contributed by atoms with E-state index in [4.69, 9.17) is 26.8 Å². The zero-order valence-corrected chi connectivity index (χ0v) is 12.3. The molecule has 0 radical (unpaired) electrons. The molecule has 0 aliphatic rings. The predicted molar refractivity (Wildman–Crippen MR) is 81.4 cm³/mol. The van der Waals surface area contributed by atoms with Crippen molar-refractivity contribution in [3.05, 3.63) is 35.5 Å². The third-order valence-electron chi connectivity index (χ3n) is 3.14. The summed E-state index contributed by atoms with van der Waals surface area (Å²) in [5.74, 6) is 1.39. The van der Waals surface area contributed by atoms with Crippen LogP contribution in [0.15, 0.2) is 30.5 Å². The van der Waals surface area contributed by atoms with Crippen LogP contribution in [0.5, 0.6) is 11.5 Å². The SMILES string of the molecule is COc1cc(OC)c(-n2c(N)nc3cccnc32)cc1Cl. The molecule has 0 spiro atoms. The molecule has 2 aromatic heterocycles. The van der Waals surface area contributed by atoms with Crippen LogP contribution < -0.4 is 15.2 Å². The summed E-state index contributed by atoms with van der Waals surface area (Å²) < 4.78 is 12.3. The Balaban J connectivity index is 2.32. The first kappa shape index (κ1) is 13.5. The summed E-state index contributed by atoms with van der Waals surface area (Å²) in [7, 11) is 3.11. The highest BCUT2D eigenvalue weighted by Crippen LogP contribution is 2.36. The van der Waals surface area contributed by atoms with E-state index in [1.54, 1.807) is 43.2 Å². The van der Waals surface area contributed by atoms with Crippen molar-refractivity contribution in [2.24, 2.45) is 0 Å². The molecule has 3 rings (SSSR count). The Labute approximate surface area is 126 Å². The molecule has 0 fully saturated rings. The number of nitrogens with two attached hydrogens (primary N) is 1. The molecule has 0 aliphatic carbocycles. The Hall–Kier alpha value is -2.47. The smallest absolute Gasteiger partial charge is 0.207 e. The molecule has 1 aromatic carbocycles. The van der Waals surface area contributed by atoms with E-state index in [0.717, 1.165) is 0 Å². The van der Waals surface area contributed by atoms with Gasteiger partial charge >= 0.3 is 0 Å². The fourth-order valence-electron chi connectivity index (χ4n) is 2.19.